The molecule has 1 aliphatic rings. The van der Waals surface area contributed by atoms with Crippen LogP contribution in [0.4, 0.5) is 5.69 Å². The summed E-state index contributed by atoms with van der Waals surface area (Å²) >= 11 is 0. The van der Waals surface area contributed by atoms with Crippen molar-refractivity contribution in [3.05, 3.63) is 53.6 Å². The van der Waals surface area contributed by atoms with Crippen LogP contribution in [-0.2, 0) is 9.84 Å². The van der Waals surface area contributed by atoms with Gasteiger partial charge in [-0.15, -0.1) is 0 Å². The van der Waals surface area contributed by atoms with Crippen molar-refractivity contribution in [1.29, 1.82) is 0 Å². The van der Waals surface area contributed by atoms with E-state index in [4.69, 9.17) is 4.74 Å². The molecular weight excluding hydrogens is 434 g/mol. The van der Waals surface area contributed by atoms with E-state index < -0.39 is 27.3 Å². The molecule has 3 rings (SSSR count). The van der Waals surface area contributed by atoms with E-state index in [0.29, 0.717) is 29.1 Å². The van der Waals surface area contributed by atoms with Crippen LogP contribution >= 0.6 is 0 Å². The largest absolute Gasteiger partial charge is 0.497 e. The van der Waals surface area contributed by atoms with Gasteiger partial charge in [0, 0.05) is 31.1 Å². The van der Waals surface area contributed by atoms with Crippen molar-refractivity contribution < 1.29 is 18.3 Å². The topological polar surface area (TPSA) is 66.8 Å². The van der Waals surface area contributed by atoms with Gasteiger partial charge < -0.3 is 14.7 Å². The quantitative estimate of drug-likeness (QED) is 0.528. The second-order valence-electron chi connectivity index (χ2n) is 9.64. The standard InChI is InChI=1S/C27H39NO4S/c1-6-8-15-27(16-9-7-2)19-33(30,31)24-14-13-21(28(3)4)18-23(24)25(26(27)29)20-11-10-12-22(17-20)32-5/h10-14,17-18,25-26,29H,6-9,15-16,19H2,1-5H3/t25-,26-/m1/s1. The molecule has 0 amide bonds. The summed E-state index contributed by atoms with van der Waals surface area (Å²) in [6.45, 7) is 4.23. The first-order chi connectivity index (χ1) is 15.7. The summed E-state index contributed by atoms with van der Waals surface area (Å²) in [6, 6.07) is 13.2. The highest BCUT2D eigenvalue weighted by molar-refractivity contribution is 7.91. The molecule has 5 nitrogen and oxygen atoms in total. The summed E-state index contributed by atoms with van der Waals surface area (Å²) in [5.74, 6) is 0.224. The lowest BCUT2D eigenvalue weighted by Gasteiger charge is -2.40. The maximum atomic E-state index is 13.8. The fraction of sp³-hybridized carbons (Fsp3) is 0.556. The zero-order valence-corrected chi connectivity index (χ0v) is 21.5. The number of aliphatic hydroxyl groups excluding tert-OH is 1. The summed E-state index contributed by atoms with van der Waals surface area (Å²) in [5.41, 5.74) is 1.78. The van der Waals surface area contributed by atoms with Crippen LogP contribution in [0.1, 0.15) is 69.4 Å². The molecule has 0 bridgehead atoms. The number of fused-ring (bicyclic) bond motifs is 1. The molecule has 1 heterocycles. The molecule has 182 valence electrons. The van der Waals surface area contributed by atoms with Gasteiger partial charge in [0.25, 0.3) is 0 Å². The first-order valence-electron chi connectivity index (χ1n) is 12.0. The molecule has 1 N–H and O–H groups in total. The Morgan fingerprint density at radius 1 is 1.06 bits per heavy atom. The lowest BCUT2D eigenvalue weighted by atomic mass is 9.68. The predicted molar refractivity (Wildman–Crippen MR) is 135 cm³/mol. The first kappa shape index (κ1) is 25.6. The molecule has 2 aromatic rings. The van der Waals surface area contributed by atoms with Gasteiger partial charge in [-0.1, -0.05) is 51.7 Å². The Balaban J connectivity index is 2.32. The summed E-state index contributed by atoms with van der Waals surface area (Å²) in [7, 11) is 1.92. The van der Waals surface area contributed by atoms with Crippen molar-refractivity contribution in [2.75, 3.05) is 31.9 Å². The molecule has 0 spiro atoms. The molecule has 0 aromatic heterocycles. The van der Waals surface area contributed by atoms with Crippen LogP contribution in [0, 0.1) is 5.41 Å². The van der Waals surface area contributed by atoms with Crippen molar-refractivity contribution in [1.82, 2.24) is 0 Å². The monoisotopic (exact) mass is 473 g/mol. The summed E-state index contributed by atoms with van der Waals surface area (Å²) < 4.78 is 33.1. The average molecular weight is 474 g/mol. The summed E-state index contributed by atoms with van der Waals surface area (Å²) in [6.07, 6.45) is 4.26. The zero-order valence-electron chi connectivity index (χ0n) is 20.7. The lowest BCUT2D eigenvalue weighted by Crippen LogP contribution is -2.43. The van der Waals surface area contributed by atoms with E-state index in [0.717, 1.165) is 36.9 Å². The molecule has 0 unspecified atom stereocenters. The van der Waals surface area contributed by atoms with E-state index >= 15 is 0 Å². The highest BCUT2D eigenvalue weighted by Gasteiger charge is 2.49. The van der Waals surface area contributed by atoms with E-state index in [-0.39, 0.29) is 5.75 Å². The Kier molecular flexibility index (Phi) is 8.12. The van der Waals surface area contributed by atoms with Crippen molar-refractivity contribution >= 4 is 15.5 Å². The van der Waals surface area contributed by atoms with Gasteiger partial charge in [0.1, 0.15) is 5.75 Å². The molecule has 0 saturated heterocycles. The SMILES string of the molecule is CCCCC1(CCCC)CS(=O)(=O)c2ccc(N(C)C)cc2[C@@H](c2cccc(OC)c2)[C@H]1O. The smallest absolute Gasteiger partial charge is 0.179 e. The molecule has 6 heteroatoms. The number of benzene rings is 2. The number of anilines is 1. The third-order valence-electron chi connectivity index (χ3n) is 7.11. The molecule has 0 saturated carbocycles. The molecule has 1 aliphatic heterocycles. The van der Waals surface area contributed by atoms with Gasteiger partial charge in [-0.05, 0) is 54.3 Å². The Labute approximate surface area is 199 Å². The normalized spacial score (nSPS) is 21.2. The Hall–Kier alpha value is -2.05. The van der Waals surface area contributed by atoms with E-state index in [1.165, 1.54) is 0 Å². The summed E-state index contributed by atoms with van der Waals surface area (Å²) in [4.78, 5) is 2.31. The van der Waals surface area contributed by atoms with Crippen LogP contribution in [0.3, 0.4) is 0 Å². The maximum Gasteiger partial charge on any atom is 0.179 e. The van der Waals surface area contributed by atoms with Crippen molar-refractivity contribution in [2.24, 2.45) is 5.41 Å². The second-order valence-corrected chi connectivity index (χ2v) is 11.6. The van der Waals surface area contributed by atoms with Gasteiger partial charge in [0.2, 0.25) is 0 Å². The molecular formula is C27H39NO4S. The van der Waals surface area contributed by atoms with E-state index in [1.54, 1.807) is 13.2 Å². The molecule has 33 heavy (non-hydrogen) atoms. The number of sulfone groups is 1. The van der Waals surface area contributed by atoms with Crippen LogP contribution in [0.5, 0.6) is 5.75 Å². The van der Waals surface area contributed by atoms with Gasteiger partial charge >= 0.3 is 0 Å². The number of rotatable bonds is 9. The fourth-order valence-corrected chi connectivity index (χ4v) is 7.42. The second kappa shape index (κ2) is 10.5. The number of nitrogens with zero attached hydrogens (tertiary/aromatic N) is 1. The van der Waals surface area contributed by atoms with Crippen LogP contribution in [0.25, 0.3) is 0 Å². The molecule has 0 radical (unpaired) electrons. The lowest BCUT2D eigenvalue weighted by molar-refractivity contribution is 0.0127. The zero-order chi connectivity index (χ0) is 24.2. The van der Waals surface area contributed by atoms with Crippen LogP contribution in [0.15, 0.2) is 47.4 Å². The van der Waals surface area contributed by atoms with E-state index in [1.807, 2.05) is 55.4 Å². The number of aliphatic hydroxyl groups is 1. The number of ether oxygens (including phenoxy) is 1. The van der Waals surface area contributed by atoms with Crippen molar-refractivity contribution in [2.45, 2.75) is 69.3 Å². The third-order valence-corrected chi connectivity index (χ3v) is 9.11. The Morgan fingerprint density at radius 3 is 2.30 bits per heavy atom. The van der Waals surface area contributed by atoms with Gasteiger partial charge in [-0.3, -0.25) is 0 Å². The van der Waals surface area contributed by atoms with Gasteiger partial charge in [0.05, 0.1) is 23.9 Å². The molecule has 2 atom stereocenters. The summed E-state index contributed by atoms with van der Waals surface area (Å²) in [5, 5.41) is 12.1. The predicted octanol–water partition coefficient (Wildman–Crippen LogP) is 5.41. The molecule has 2 aromatic carbocycles. The third kappa shape index (κ3) is 5.22. The van der Waals surface area contributed by atoms with E-state index in [9.17, 15) is 13.5 Å². The number of hydrogen-bond donors (Lipinski definition) is 1. The Morgan fingerprint density at radius 2 is 1.73 bits per heavy atom. The Bertz CT molecular complexity index is 1040. The van der Waals surface area contributed by atoms with Crippen LogP contribution in [-0.4, -0.2) is 46.6 Å². The molecule has 0 fully saturated rings. The van der Waals surface area contributed by atoms with Crippen LogP contribution < -0.4 is 9.64 Å². The highest BCUT2D eigenvalue weighted by Crippen LogP contribution is 2.50. The van der Waals surface area contributed by atoms with Crippen LogP contribution in [0.2, 0.25) is 0 Å². The van der Waals surface area contributed by atoms with Gasteiger partial charge in [-0.2, -0.15) is 0 Å². The van der Waals surface area contributed by atoms with Crippen molar-refractivity contribution in [3.63, 3.8) is 0 Å². The minimum atomic E-state index is -3.59. The van der Waals surface area contributed by atoms with E-state index in [2.05, 4.69) is 13.8 Å². The fourth-order valence-electron chi connectivity index (χ4n) is 5.23. The van der Waals surface area contributed by atoms with Gasteiger partial charge in [-0.25, -0.2) is 8.42 Å². The van der Waals surface area contributed by atoms with Gasteiger partial charge in [0.15, 0.2) is 9.84 Å². The molecule has 0 aliphatic carbocycles. The first-order valence-corrected chi connectivity index (χ1v) is 13.7. The number of hydrogen-bond acceptors (Lipinski definition) is 5. The van der Waals surface area contributed by atoms with Crippen molar-refractivity contribution in [3.8, 4) is 5.75 Å². The minimum Gasteiger partial charge on any atom is -0.497 e. The maximum absolute atomic E-state index is 13.8. The number of methoxy groups -OCH3 is 1. The minimum absolute atomic E-state index is 0.0179. The number of unbranched alkanes of at least 4 members (excludes halogenated alkanes) is 2. The average Bonchev–Trinajstić information content (AvgIpc) is 2.87. The highest BCUT2D eigenvalue weighted by atomic mass is 32.2.